The van der Waals surface area contributed by atoms with Crippen LogP contribution in [-0.4, -0.2) is 12.1 Å². The first-order valence-electron chi connectivity index (χ1n) is 7.45. The first-order chi connectivity index (χ1) is 8.04. The van der Waals surface area contributed by atoms with E-state index in [1.165, 1.54) is 44.9 Å². The quantitative estimate of drug-likeness (QED) is 0.756. The van der Waals surface area contributed by atoms with Crippen LogP contribution in [0.3, 0.4) is 0 Å². The smallest absolute Gasteiger partial charge is 0.0790 e. The standard InChI is InChI=1S/C15H27NO/c1-14(2)11-8-9-15(14,3)13(10-11)16-17-12-6-4-5-7-12/h11-13,16H,4-10H2,1-3H3. The van der Waals surface area contributed by atoms with E-state index in [-0.39, 0.29) is 0 Å². The van der Waals surface area contributed by atoms with Crippen LogP contribution in [-0.2, 0) is 4.84 Å². The van der Waals surface area contributed by atoms with Gasteiger partial charge in [0.15, 0.2) is 0 Å². The van der Waals surface area contributed by atoms with Gasteiger partial charge in [-0.3, -0.25) is 4.84 Å². The third kappa shape index (κ3) is 1.67. The third-order valence-electron chi connectivity index (χ3n) is 6.47. The topological polar surface area (TPSA) is 21.3 Å². The van der Waals surface area contributed by atoms with Gasteiger partial charge in [-0.2, -0.15) is 5.48 Å². The summed E-state index contributed by atoms with van der Waals surface area (Å²) in [6.45, 7) is 7.39. The molecule has 0 aromatic heterocycles. The van der Waals surface area contributed by atoms with Crippen molar-refractivity contribution in [3.05, 3.63) is 0 Å². The molecule has 3 unspecified atom stereocenters. The fraction of sp³-hybridized carbons (Fsp3) is 1.00. The second kappa shape index (κ2) is 3.96. The second-order valence-corrected chi connectivity index (χ2v) is 7.31. The van der Waals surface area contributed by atoms with Gasteiger partial charge < -0.3 is 0 Å². The summed E-state index contributed by atoms with van der Waals surface area (Å²) in [7, 11) is 0. The molecule has 2 nitrogen and oxygen atoms in total. The van der Waals surface area contributed by atoms with Crippen LogP contribution in [0.15, 0.2) is 0 Å². The number of nitrogens with one attached hydrogen (secondary N) is 1. The minimum Gasteiger partial charge on any atom is -0.298 e. The lowest BCUT2D eigenvalue weighted by Crippen LogP contribution is -2.45. The van der Waals surface area contributed by atoms with Crippen LogP contribution in [0.1, 0.15) is 65.7 Å². The minimum absolute atomic E-state index is 0.441. The van der Waals surface area contributed by atoms with E-state index < -0.39 is 0 Å². The van der Waals surface area contributed by atoms with Crippen molar-refractivity contribution < 1.29 is 4.84 Å². The summed E-state index contributed by atoms with van der Waals surface area (Å²) in [5.41, 5.74) is 4.38. The van der Waals surface area contributed by atoms with Crippen LogP contribution in [0.4, 0.5) is 0 Å². The van der Waals surface area contributed by atoms with E-state index in [2.05, 4.69) is 26.3 Å². The monoisotopic (exact) mass is 237 g/mol. The van der Waals surface area contributed by atoms with E-state index in [0.29, 0.717) is 23.0 Å². The number of rotatable bonds is 3. The van der Waals surface area contributed by atoms with Gasteiger partial charge in [0.1, 0.15) is 0 Å². The van der Waals surface area contributed by atoms with Crippen LogP contribution < -0.4 is 5.48 Å². The minimum atomic E-state index is 0.441. The molecule has 0 heterocycles. The normalized spacial score (nSPS) is 44.6. The van der Waals surface area contributed by atoms with Gasteiger partial charge in [0.25, 0.3) is 0 Å². The Morgan fingerprint density at radius 3 is 2.29 bits per heavy atom. The lowest BCUT2D eigenvalue weighted by atomic mass is 9.69. The van der Waals surface area contributed by atoms with Gasteiger partial charge in [-0.15, -0.1) is 0 Å². The van der Waals surface area contributed by atoms with Crippen LogP contribution in [0.2, 0.25) is 0 Å². The zero-order valence-corrected chi connectivity index (χ0v) is 11.6. The van der Waals surface area contributed by atoms with Crippen molar-refractivity contribution in [2.24, 2.45) is 16.7 Å². The molecule has 3 aliphatic rings. The SMILES string of the molecule is CC1(C)C2CCC1(C)C(NOC1CCCC1)C2. The molecule has 17 heavy (non-hydrogen) atoms. The van der Waals surface area contributed by atoms with Gasteiger partial charge in [0.05, 0.1) is 6.10 Å². The number of hydrogen-bond donors (Lipinski definition) is 1. The lowest BCUT2D eigenvalue weighted by molar-refractivity contribution is -0.0694. The lowest BCUT2D eigenvalue weighted by Gasteiger charge is -2.39. The highest BCUT2D eigenvalue weighted by molar-refractivity contribution is 5.12. The fourth-order valence-electron chi connectivity index (χ4n) is 4.57. The summed E-state index contributed by atoms with van der Waals surface area (Å²) in [6, 6.07) is 0.580. The molecule has 0 aromatic carbocycles. The maximum absolute atomic E-state index is 5.95. The summed E-state index contributed by atoms with van der Waals surface area (Å²) < 4.78 is 0. The molecule has 3 fully saturated rings. The van der Waals surface area contributed by atoms with Crippen molar-refractivity contribution in [2.45, 2.75) is 77.9 Å². The predicted molar refractivity (Wildman–Crippen MR) is 69.5 cm³/mol. The molecule has 0 aromatic rings. The molecule has 0 saturated heterocycles. The molecule has 3 atom stereocenters. The van der Waals surface area contributed by atoms with E-state index in [1.54, 1.807) is 0 Å². The Morgan fingerprint density at radius 1 is 1.06 bits per heavy atom. The molecule has 2 heteroatoms. The van der Waals surface area contributed by atoms with Crippen LogP contribution in [0, 0.1) is 16.7 Å². The van der Waals surface area contributed by atoms with Crippen LogP contribution in [0.25, 0.3) is 0 Å². The molecule has 98 valence electrons. The van der Waals surface area contributed by atoms with E-state index in [1.807, 2.05) is 0 Å². The summed E-state index contributed by atoms with van der Waals surface area (Å²) in [6.07, 6.45) is 9.80. The van der Waals surface area contributed by atoms with E-state index in [4.69, 9.17) is 4.84 Å². The van der Waals surface area contributed by atoms with Crippen LogP contribution >= 0.6 is 0 Å². The zero-order valence-electron chi connectivity index (χ0n) is 11.6. The summed E-state index contributed by atoms with van der Waals surface area (Å²) in [5.74, 6) is 0.900. The van der Waals surface area contributed by atoms with Crippen molar-refractivity contribution in [3.63, 3.8) is 0 Å². The molecule has 3 saturated carbocycles. The number of hydrogen-bond acceptors (Lipinski definition) is 2. The van der Waals surface area contributed by atoms with E-state index >= 15 is 0 Å². The first-order valence-corrected chi connectivity index (χ1v) is 7.45. The van der Waals surface area contributed by atoms with Crippen LogP contribution in [0.5, 0.6) is 0 Å². The molecule has 2 bridgehead atoms. The predicted octanol–water partition coefficient (Wildman–Crippen LogP) is 3.67. The van der Waals surface area contributed by atoms with Crippen molar-refractivity contribution in [2.75, 3.05) is 0 Å². The van der Waals surface area contributed by atoms with E-state index in [9.17, 15) is 0 Å². The molecule has 0 radical (unpaired) electrons. The highest BCUT2D eigenvalue weighted by Gasteiger charge is 2.61. The van der Waals surface area contributed by atoms with Crippen molar-refractivity contribution in [1.29, 1.82) is 0 Å². The highest BCUT2D eigenvalue weighted by Crippen LogP contribution is 2.65. The summed E-state index contributed by atoms with van der Waals surface area (Å²) in [4.78, 5) is 5.95. The van der Waals surface area contributed by atoms with Crippen molar-refractivity contribution in [1.82, 2.24) is 5.48 Å². The fourth-order valence-corrected chi connectivity index (χ4v) is 4.57. The molecule has 3 rings (SSSR count). The maximum Gasteiger partial charge on any atom is 0.0790 e. The van der Waals surface area contributed by atoms with E-state index in [0.717, 1.165) is 5.92 Å². The van der Waals surface area contributed by atoms with Gasteiger partial charge in [0, 0.05) is 6.04 Å². The summed E-state index contributed by atoms with van der Waals surface area (Å²) >= 11 is 0. The first kappa shape index (κ1) is 12.0. The number of fused-ring (bicyclic) bond motifs is 2. The maximum atomic E-state index is 5.95. The Kier molecular flexibility index (Phi) is 2.79. The number of hydroxylamine groups is 1. The molecular weight excluding hydrogens is 210 g/mol. The van der Waals surface area contributed by atoms with Gasteiger partial charge in [-0.1, -0.05) is 33.6 Å². The van der Waals surface area contributed by atoms with Gasteiger partial charge in [-0.05, 0) is 48.9 Å². The average Bonchev–Trinajstić information content (AvgIpc) is 2.91. The summed E-state index contributed by atoms with van der Waals surface area (Å²) in [5, 5.41) is 0. The molecule has 0 spiro atoms. The Labute approximate surface area is 105 Å². The van der Waals surface area contributed by atoms with Gasteiger partial charge in [-0.25, -0.2) is 0 Å². The average molecular weight is 237 g/mol. The van der Waals surface area contributed by atoms with Crippen molar-refractivity contribution in [3.8, 4) is 0 Å². The zero-order chi connectivity index (χ0) is 12.1. The largest absolute Gasteiger partial charge is 0.298 e. The second-order valence-electron chi connectivity index (χ2n) is 7.31. The molecule has 0 amide bonds. The van der Waals surface area contributed by atoms with Gasteiger partial charge >= 0.3 is 0 Å². The molecular formula is C15H27NO. The molecule has 0 aliphatic heterocycles. The van der Waals surface area contributed by atoms with Crippen molar-refractivity contribution >= 4 is 0 Å². The molecule has 1 N–H and O–H groups in total. The Morgan fingerprint density at radius 2 is 1.76 bits per heavy atom. The Hall–Kier alpha value is -0.0800. The van der Waals surface area contributed by atoms with Gasteiger partial charge in [0.2, 0.25) is 0 Å². The Bertz CT molecular complexity index is 295. The Balaban J connectivity index is 1.62. The molecule has 3 aliphatic carbocycles. The third-order valence-corrected chi connectivity index (χ3v) is 6.47. The highest BCUT2D eigenvalue weighted by atomic mass is 16.7.